The van der Waals surface area contributed by atoms with Crippen LogP contribution in [0.1, 0.15) is 11.3 Å². The summed E-state index contributed by atoms with van der Waals surface area (Å²) in [5, 5.41) is 10.6. The Kier molecular flexibility index (Phi) is 4.73. The summed E-state index contributed by atoms with van der Waals surface area (Å²) in [7, 11) is 0. The first-order valence-corrected chi connectivity index (χ1v) is 9.18. The second-order valence-electron chi connectivity index (χ2n) is 6.38. The standard InChI is InChI=1S/C19H17Cl2N5/c20-15-1-3-18(14(9-15)10-22)25-7-5-24(6-8-25)12-17-13-26-11-16(21)2-4-19(26)23-17/h1-4,9,11,13H,5-8,12H2. The van der Waals surface area contributed by atoms with Crippen LogP contribution in [0.2, 0.25) is 10.0 Å². The van der Waals surface area contributed by atoms with Crippen molar-refractivity contribution in [2.45, 2.75) is 6.54 Å². The highest BCUT2D eigenvalue weighted by atomic mass is 35.5. The molecular weight excluding hydrogens is 369 g/mol. The average Bonchev–Trinajstić information content (AvgIpc) is 3.03. The Morgan fingerprint density at radius 2 is 1.77 bits per heavy atom. The Bertz CT molecular complexity index is 983. The monoisotopic (exact) mass is 385 g/mol. The molecule has 0 radical (unpaired) electrons. The normalized spacial score (nSPS) is 15.3. The fraction of sp³-hybridized carbons (Fsp3) is 0.263. The van der Waals surface area contributed by atoms with Crippen molar-refractivity contribution >= 4 is 34.5 Å². The number of aromatic nitrogens is 2. The third-order valence-corrected chi connectivity index (χ3v) is 5.10. The van der Waals surface area contributed by atoms with Crippen molar-refractivity contribution < 1.29 is 0 Å². The van der Waals surface area contributed by atoms with Crippen molar-refractivity contribution in [2.24, 2.45) is 0 Å². The van der Waals surface area contributed by atoms with Crippen molar-refractivity contribution in [1.29, 1.82) is 5.26 Å². The van der Waals surface area contributed by atoms with E-state index < -0.39 is 0 Å². The van der Waals surface area contributed by atoms with E-state index in [0.29, 0.717) is 15.6 Å². The van der Waals surface area contributed by atoms with Gasteiger partial charge >= 0.3 is 0 Å². The maximum atomic E-state index is 9.34. The number of pyridine rings is 1. The first kappa shape index (κ1) is 17.2. The summed E-state index contributed by atoms with van der Waals surface area (Å²) in [6.45, 7) is 4.38. The van der Waals surface area contributed by atoms with Gasteiger partial charge in [-0.3, -0.25) is 4.90 Å². The summed E-state index contributed by atoms with van der Waals surface area (Å²) in [5.41, 5.74) is 3.52. The number of fused-ring (bicyclic) bond motifs is 1. The molecule has 2 aromatic heterocycles. The van der Waals surface area contributed by atoms with Gasteiger partial charge in [0.25, 0.3) is 0 Å². The molecular formula is C19H17Cl2N5. The van der Waals surface area contributed by atoms with Gasteiger partial charge in [-0.25, -0.2) is 4.98 Å². The van der Waals surface area contributed by atoms with Gasteiger partial charge in [0.05, 0.1) is 22.0 Å². The lowest BCUT2D eigenvalue weighted by molar-refractivity contribution is 0.247. The second-order valence-corrected chi connectivity index (χ2v) is 7.25. The molecule has 1 saturated heterocycles. The Morgan fingerprint density at radius 1 is 1.00 bits per heavy atom. The number of halogens is 2. The SMILES string of the molecule is N#Cc1cc(Cl)ccc1N1CCN(Cc2cn3cc(Cl)ccc3n2)CC1. The number of benzene rings is 1. The lowest BCUT2D eigenvalue weighted by atomic mass is 10.1. The lowest BCUT2D eigenvalue weighted by Gasteiger charge is -2.36. The summed E-state index contributed by atoms with van der Waals surface area (Å²) in [6, 6.07) is 11.5. The first-order chi connectivity index (χ1) is 12.6. The number of imidazole rings is 1. The molecule has 0 N–H and O–H groups in total. The molecule has 0 unspecified atom stereocenters. The molecule has 3 aromatic rings. The predicted molar refractivity (Wildman–Crippen MR) is 104 cm³/mol. The minimum Gasteiger partial charge on any atom is -0.368 e. The maximum Gasteiger partial charge on any atom is 0.137 e. The van der Waals surface area contributed by atoms with E-state index in [1.807, 2.05) is 41.1 Å². The number of hydrogen-bond donors (Lipinski definition) is 0. The largest absolute Gasteiger partial charge is 0.368 e. The molecule has 132 valence electrons. The molecule has 0 aliphatic carbocycles. The Hall–Kier alpha value is -2.26. The van der Waals surface area contributed by atoms with Gasteiger partial charge in [0.2, 0.25) is 0 Å². The summed E-state index contributed by atoms with van der Waals surface area (Å²) in [6.07, 6.45) is 3.90. The number of anilines is 1. The summed E-state index contributed by atoms with van der Waals surface area (Å²) in [4.78, 5) is 9.28. The molecule has 0 atom stereocenters. The zero-order chi connectivity index (χ0) is 18.1. The first-order valence-electron chi connectivity index (χ1n) is 8.42. The highest BCUT2D eigenvalue weighted by molar-refractivity contribution is 6.31. The van der Waals surface area contributed by atoms with Crippen molar-refractivity contribution in [1.82, 2.24) is 14.3 Å². The summed E-state index contributed by atoms with van der Waals surface area (Å²) in [5.74, 6) is 0. The third kappa shape index (κ3) is 3.49. The van der Waals surface area contributed by atoms with Crippen LogP contribution in [0.5, 0.6) is 0 Å². The van der Waals surface area contributed by atoms with Gasteiger partial charge < -0.3 is 9.30 Å². The number of hydrogen-bond acceptors (Lipinski definition) is 4. The number of rotatable bonds is 3. The van der Waals surface area contributed by atoms with Crippen LogP contribution in [0.3, 0.4) is 0 Å². The highest BCUT2D eigenvalue weighted by Gasteiger charge is 2.20. The molecule has 3 heterocycles. The Balaban J connectivity index is 1.42. The van der Waals surface area contributed by atoms with Crippen LogP contribution in [0, 0.1) is 11.3 Å². The molecule has 0 spiro atoms. The number of nitrogens with zero attached hydrogens (tertiary/aromatic N) is 5. The van der Waals surface area contributed by atoms with Crippen LogP contribution in [-0.4, -0.2) is 40.5 Å². The molecule has 1 fully saturated rings. The third-order valence-electron chi connectivity index (χ3n) is 4.64. The van der Waals surface area contributed by atoms with Crippen molar-refractivity contribution in [2.75, 3.05) is 31.1 Å². The molecule has 1 aromatic carbocycles. The zero-order valence-electron chi connectivity index (χ0n) is 14.1. The Labute approximate surface area is 162 Å². The molecule has 1 aliphatic heterocycles. The van der Waals surface area contributed by atoms with Gasteiger partial charge in [0.15, 0.2) is 0 Å². The van der Waals surface area contributed by atoms with E-state index in [1.54, 1.807) is 6.07 Å². The smallest absolute Gasteiger partial charge is 0.137 e. The number of piperazine rings is 1. The summed E-state index contributed by atoms with van der Waals surface area (Å²) < 4.78 is 1.96. The molecule has 0 amide bonds. The molecule has 1 aliphatic rings. The topological polar surface area (TPSA) is 47.6 Å². The fourth-order valence-corrected chi connectivity index (χ4v) is 3.68. The molecule has 4 rings (SSSR count). The molecule has 5 nitrogen and oxygen atoms in total. The zero-order valence-corrected chi connectivity index (χ0v) is 15.6. The van der Waals surface area contributed by atoms with Gasteiger partial charge in [-0.2, -0.15) is 5.26 Å². The van der Waals surface area contributed by atoms with Crippen molar-refractivity contribution in [3.63, 3.8) is 0 Å². The molecule has 7 heteroatoms. The summed E-state index contributed by atoms with van der Waals surface area (Å²) >= 11 is 12.0. The minimum atomic E-state index is 0.593. The van der Waals surface area contributed by atoms with Gasteiger partial charge in [0.1, 0.15) is 11.7 Å². The van der Waals surface area contributed by atoms with E-state index in [2.05, 4.69) is 20.9 Å². The minimum absolute atomic E-state index is 0.593. The average molecular weight is 386 g/mol. The molecule has 26 heavy (non-hydrogen) atoms. The fourth-order valence-electron chi connectivity index (χ4n) is 3.34. The van der Waals surface area contributed by atoms with E-state index in [0.717, 1.165) is 49.8 Å². The van der Waals surface area contributed by atoms with E-state index in [-0.39, 0.29) is 0 Å². The van der Waals surface area contributed by atoms with E-state index in [9.17, 15) is 5.26 Å². The van der Waals surface area contributed by atoms with E-state index >= 15 is 0 Å². The van der Waals surface area contributed by atoms with E-state index in [1.165, 1.54) is 0 Å². The van der Waals surface area contributed by atoms with Crippen LogP contribution < -0.4 is 4.90 Å². The maximum absolute atomic E-state index is 9.34. The predicted octanol–water partition coefficient (Wildman–Crippen LogP) is 3.83. The Morgan fingerprint density at radius 3 is 2.54 bits per heavy atom. The van der Waals surface area contributed by atoms with Crippen LogP contribution in [0.4, 0.5) is 5.69 Å². The van der Waals surface area contributed by atoms with Crippen LogP contribution in [0.15, 0.2) is 42.7 Å². The second kappa shape index (κ2) is 7.16. The molecule has 0 saturated carbocycles. The lowest BCUT2D eigenvalue weighted by Crippen LogP contribution is -2.46. The number of nitriles is 1. The van der Waals surface area contributed by atoms with Crippen LogP contribution in [-0.2, 0) is 6.54 Å². The highest BCUT2D eigenvalue weighted by Crippen LogP contribution is 2.25. The van der Waals surface area contributed by atoms with Crippen LogP contribution in [0.25, 0.3) is 5.65 Å². The quantitative estimate of drug-likeness (QED) is 0.687. The molecule has 0 bridgehead atoms. The van der Waals surface area contributed by atoms with E-state index in [4.69, 9.17) is 23.2 Å². The van der Waals surface area contributed by atoms with Gasteiger partial charge in [-0.15, -0.1) is 0 Å². The van der Waals surface area contributed by atoms with Gasteiger partial charge in [-0.05, 0) is 30.3 Å². The van der Waals surface area contributed by atoms with Crippen molar-refractivity contribution in [3.05, 3.63) is 64.0 Å². The van der Waals surface area contributed by atoms with Gasteiger partial charge in [0, 0.05) is 50.1 Å². The van der Waals surface area contributed by atoms with Crippen LogP contribution >= 0.6 is 23.2 Å². The van der Waals surface area contributed by atoms with Gasteiger partial charge in [-0.1, -0.05) is 23.2 Å². The van der Waals surface area contributed by atoms with Crippen molar-refractivity contribution in [3.8, 4) is 6.07 Å².